The van der Waals surface area contributed by atoms with E-state index in [2.05, 4.69) is 10.1 Å². The largest absolute Gasteiger partial charge is 0.334 e. The molecule has 0 atom stereocenters. The number of hydrogen-bond acceptors (Lipinski definition) is 4. The van der Waals surface area contributed by atoms with Crippen LogP contribution in [0.5, 0.6) is 0 Å². The molecule has 4 nitrogen and oxygen atoms in total. The van der Waals surface area contributed by atoms with Gasteiger partial charge in [-0.25, -0.2) is 0 Å². The number of Topliss-reactive ketones (excluding diaryl/α,β-unsaturated/α-hetero) is 1. The predicted molar refractivity (Wildman–Crippen MR) is 68.1 cm³/mol. The smallest absolute Gasteiger partial charge is 0.258 e. The summed E-state index contributed by atoms with van der Waals surface area (Å²) in [6.07, 6.45) is 0.737. The number of carbonyl (C=O) groups excluding carboxylic acids is 1. The van der Waals surface area contributed by atoms with Crippen molar-refractivity contribution in [3.05, 3.63) is 36.2 Å². The molecule has 0 saturated heterocycles. The minimum atomic E-state index is -0.460. The molecule has 0 amide bonds. The summed E-state index contributed by atoms with van der Waals surface area (Å²) in [7, 11) is 0. The third-order valence-corrected chi connectivity index (χ3v) is 3.15. The van der Waals surface area contributed by atoms with Gasteiger partial charge in [-0.1, -0.05) is 44.1 Å². The van der Waals surface area contributed by atoms with Crippen LogP contribution < -0.4 is 0 Å². The van der Waals surface area contributed by atoms with Crippen LogP contribution >= 0.6 is 0 Å². The van der Waals surface area contributed by atoms with Gasteiger partial charge in [0.1, 0.15) is 0 Å². The lowest BCUT2D eigenvalue weighted by molar-refractivity contribution is 0.0818. The summed E-state index contributed by atoms with van der Waals surface area (Å²) < 4.78 is 5.13. The van der Waals surface area contributed by atoms with Crippen molar-refractivity contribution in [3.8, 4) is 11.5 Å². The molecule has 94 valence electrons. The quantitative estimate of drug-likeness (QED) is 0.774. The molecule has 0 aliphatic heterocycles. The van der Waals surface area contributed by atoms with E-state index >= 15 is 0 Å². The SMILES string of the molecule is CCC(C)(C)C(=O)c1noc(-c2ccccc2)n1. The van der Waals surface area contributed by atoms with E-state index in [1.54, 1.807) is 0 Å². The zero-order valence-corrected chi connectivity index (χ0v) is 10.8. The van der Waals surface area contributed by atoms with Crippen LogP contribution in [0.4, 0.5) is 0 Å². The zero-order chi connectivity index (χ0) is 13.2. The number of hydrogen-bond donors (Lipinski definition) is 0. The van der Waals surface area contributed by atoms with Gasteiger partial charge in [0.15, 0.2) is 0 Å². The molecular formula is C14H16N2O2. The number of carbonyl (C=O) groups is 1. The van der Waals surface area contributed by atoms with Gasteiger partial charge < -0.3 is 4.52 Å². The predicted octanol–water partition coefficient (Wildman–Crippen LogP) is 3.36. The van der Waals surface area contributed by atoms with E-state index in [0.717, 1.165) is 12.0 Å². The molecule has 0 unspecified atom stereocenters. The molecule has 0 radical (unpaired) electrons. The van der Waals surface area contributed by atoms with Crippen molar-refractivity contribution < 1.29 is 9.32 Å². The summed E-state index contributed by atoms with van der Waals surface area (Å²) in [5.41, 5.74) is 0.357. The van der Waals surface area contributed by atoms with Gasteiger partial charge in [-0.2, -0.15) is 4.98 Å². The van der Waals surface area contributed by atoms with Crippen LogP contribution in [-0.2, 0) is 0 Å². The number of ketones is 1. The Bertz CT molecular complexity index is 544. The Labute approximate surface area is 106 Å². The summed E-state index contributed by atoms with van der Waals surface area (Å²) in [6.45, 7) is 5.73. The molecule has 0 saturated carbocycles. The molecule has 2 aromatic rings. The normalized spacial score (nSPS) is 11.5. The Morgan fingerprint density at radius 2 is 1.94 bits per heavy atom. The molecule has 4 heteroatoms. The molecule has 0 N–H and O–H groups in total. The third kappa shape index (κ3) is 2.32. The minimum Gasteiger partial charge on any atom is -0.334 e. The van der Waals surface area contributed by atoms with Crippen LogP contribution in [0.1, 0.15) is 37.8 Å². The van der Waals surface area contributed by atoms with Crippen molar-refractivity contribution in [2.45, 2.75) is 27.2 Å². The van der Waals surface area contributed by atoms with Gasteiger partial charge in [0.05, 0.1) is 0 Å². The average Bonchev–Trinajstić information content (AvgIpc) is 2.88. The van der Waals surface area contributed by atoms with Gasteiger partial charge in [-0.15, -0.1) is 0 Å². The Morgan fingerprint density at radius 1 is 1.28 bits per heavy atom. The van der Waals surface area contributed by atoms with Crippen molar-refractivity contribution in [1.82, 2.24) is 10.1 Å². The highest BCUT2D eigenvalue weighted by atomic mass is 16.5. The highest BCUT2D eigenvalue weighted by Crippen LogP contribution is 2.25. The molecule has 0 bridgehead atoms. The van der Waals surface area contributed by atoms with E-state index in [9.17, 15) is 4.79 Å². The highest BCUT2D eigenvalue weighted by Gasteiger charge is 2.30. The van der Waals surface area contributed by atoms with E-state index < -0.39 is 5.41 Å². The van der Waals surface area contributed by atoms with E-state index in [4.69, 9.17) is 4.52 Å². The van der Waals surface area contributed by atoms with E-state index in [1.165, 1.54) is 0 Å². The van der Waals surface area contributed by atoms with Crippen molar-refractivity contribution in [1.29, 1.82) is 0 Å². The van der Waals surface area contributed by atoms with Gasteiger partial charge in [-0.05, 0) is 18.6 Å². The molecule has 1 aromatic carbocycles. The number of nitrogens with zero attached hydrogens (tertiary/aromatic N) is 2. The Hall–Kier alpha value is -1.97. The maximum atomic E-state index is 12.2. The monoisotopic (exact) mass is 244 g/mol. The van der Waals surface area contributed by atoms with Crippen molar-refractivity contribution >= 4 is 5.78 Å². The second-order valence-corrected chi connectivity index (χ2v) is 4.86. The van der Waals surface area contributed by atoms with E-state index in [-0.39, 0.29) is 11.6 Å². The number of aromatic nitrogens is 2. The first-order chi connectivity index (χ1) is 8.54. The fourth-order valence-electron chi connectivity index (χ4n) is 1.48. The number of rotatable bonds is 4. The second kappa shape index (κ2) is 4.72. The molecule has 1 aromatic heterocycles. The first kappa shape index (κ1) is 12.5. The summed E-state index contributed by atoms with van der Waals surface area (Å²) in [5.74, 6) is 0.447. The molecule has 2 rings (SSSR count). The average molecular weight is 244 g/mol. The molecule has 0 spiro atoms. The van der Waals surface area contributed by atoms with Gasteiger partial charge in [0, 0.05) is 11.0 Å². The second-order valence-electron chi connectivity index (χ2n) is 4.86. The molecule has 0 fully saturated rings. The summed E-state index contributed by atoms with van der Waals surface area (Å²) in [5, 5.41) is 3.77. The van der Waals surface area contributed by atoms with Gasteiger partial charge >= 0.3 is 0 Å². The van der Waals surface area contributed by atoms with Crippen LogP contribution in [-0.4, -0.2) is 15.9 Å². The number of benzene rings is 1. The summed E-state index contributed by atoms with van der Waals surface area (Å²) in [4.78, 5) is 16.3. The standard InChI is InChI=1S/C14H16N2O2/c1-4-14(2,3)11(17)12-15-13(18-16-12)10-8-6-5-7-9-10/h5-9H,4H2,1-3H3. The van der Waals surface area contributed by atoms with Crippen molar-refractivity contribution in [2.24, 2.45) is 5.41 Å². The van der Waals surface area contributed by atoms with E-state index in [1.807, 2.05) is 51.1 Å². The Morgan fingerprint density at radius 3 is 2.56 bits per heavy atom. The minimum absolute atomic E-state index is 0.0871. The van der Waals surface area contributed by atoms with Crippen LogP contribution in [0.2, 0.25) is 0 Å². The molecule has 1 heterocycles. The molecule has 18 heavy (non-hydrogen) atoms. The lowest BCUT2D eigenvalue weighted by Crippen LogP contribution is -2.24. The van der Waals surface area contributed by atoms with Gasteiger partial charge in [0.25, 0.3) is 5.89 Å². The van der Waals surface area contributed by atoms with E-state index in [0.29, 0.717) is 5.89 Å². The zero-order valence-electron chi connectivity index (χ0n) is 10.8. The fourth-order valence-corrected chi connectivity index (χ4v) is 1.48. The van der Waals surface area contributed by atoms with Crippen LogP contribution in [0.15, 0.2) is 34.9 Å². The maximum absolute atomic E-state index is 12.2. The molecular weight excluding hydrogens is 228 g/mol. The summed E-state index contributed by atoms with van der Waals surface area (Å²) in [6, 6.07) is 9.42. The van der Waals surface area contributed by atoms with Gasteiger partial charge in [-0.3, -0.25) is 4.79 Å². The Balaban J connectivity index is 2.29. The third-order valence-electron chi connectivity index (χ3n) is 3.15. The van der Waals surface area contributed by atoms with Crippen LogP contribution in [0, 0.1) is 5.41 Å². The lowest BCUT2D eigenvalue weighted by atomic mass is 9.85. The summed E-state index contributed by atoms with van der Waals surface area (Å²) >= 11 is 0. The molecule has 0 aliphatic carbocycles. The fraction of sp³-hybridized carbons (Fsp3) is 0.357. The van der Waals surface area contributed by atoms with Crippen molar-refractivity contribution in [2.75, 3.05) is 0 Å². The lowest BCUT2D eigenvalue weighted by Gasteiger charge is -2.17. The molecule has 0 aliphatic rings. The first-order valence-electron chi connectivity index (χ1n) is 5.98. The topological polar surface area (TPSA) is 56.0 Å². The Kier molecular flexibility index (Phi) is 3.28. The van der Waals surface area contributed by atoms with Gasteiger partial charge in [0.2, 0.25) is 11.6 Å². The maximum Gasteiger partial charge on any atom is 0.258 e. The van der Waals surface area contributed by atoms with Crippen LogP contribution in [0.25, 0.3) is 11.5 Å². The van der Waals surface area contributed by atoms with Crippen LogP contribution in [0.3, 0.4) is 0 Å². The first-order valence-corrected chi connectivity index (χ1v) is 5.98. The highest BCUT2D eigenvalue weighted by molar-refractivity contribution is 5.96. The van der Waals surface area contributed by atoms with Crippen molar-refractivity contribution in [3.63, 3.8) is 0 Å².